The number of esters is 1. The van der Waals surface area contributed by atoms with E-state index >= 15 is 0 Å². The highest BCUT2D eigenvalue weighted by molar-refractivity contribution is 6.07. The van der Waals surface area contributed by atoms with Gasteiger partial charge < -0.3 is 20.4 Å². The van der Waals surface area contributed by atoms with Gasteiger partial charge in [-0.1, -0.05) is 13.3 Å². The van der Waals surface area contributed by atoms with Crippen molar-refractivity contribution in [3.05, 3.63) is 51.8 Å². The van der Waals surface area contributed by atoms with Crippen molar-refractivity contribution in [3.8, 4) is 0 Å². The number of anilines is 1. The van der Waals surface area contributed by atoms with Crippen molar-refractivity contribution in [3.63, 3.8) is 0 Å². The van der Waals surface area contributed by atoms with Crippen LogP contribution in [0.1, 0.15) is 61.4 Å². The number of hydrogen-bond donors (Lipinski definition) is 3. The Hall–Kier alpha value is -3.09. The Labute approximate surface area is 158 Å². The van der Waals surface area contributed by atoms with Gasteiger partial charge in [0.05, 0.1) is 12.7 Å². The van der Waals surface area contributed by atoms with Crippen LogP contribution in [-0.4, -0.2) is 36.9 Å². The molecule has 0 saturated heterocycles. The summed E-state index contributed by atoms with van der Waals surface area (Å²) in [5.41, 5.74) is 3.89. The van der Waals surface area contributed by atoms with Crippen molar-refractivity contribution < 1.29 is 19.1 Å². The third-order valence-corrected chi connectivity index (χ3v) is 4.37. The summed E-state index contributed by atoms with van der Waals surface area (Å²) in [6, 6.07) is 5.05. The number of aromatic nitrogens is 1. The molecule has 0 unspecified atom stereocenters. The summed E-state index contributed by atoms with van der Waals surface area (Å²) in [4.78, 5) is 39.7. The van der Waals surface area contributed by atoms with Crippen LogP contribution in [0.5, 0.6) is 0 Å². The number of H-pyrrole nitrogens is 1. The zero-order valence-electron chi connectivity index (χ0n) is 16.3. The maximum Gasteiger partial charge on any atom is 0.339 e. The SMILES string of the molecule is CCCc1c(C(=O)Nc2ccc(C(=O)NC)cc2C)[nH]c(C)c1C(=O)OC. The topological polar surface area (TPSA) is 100 Å². The van der Waals surface area contributed by atoms with Gasteiger partial charge in [-0.15, -0.1) is 0 Å². The Bertz CT molecular complexity index is 884. The Morgan fingerprint density at radius 1 is 1.15 bits per heavy atom. The van der Waals surface area contributed by atoms with Crippen LogP contribution in [0.3, 0.4) is 0 Å². The highest BCUT2D eigenvalue weighted by Crippen LogP contribution is 2.24. The second kappa shape index (κ2) is 8.53. The molecule has 0 aliphatic carbocycles. The van der Waals surface area contributed by atoms with E-state index in [1.165, 1.54) is 7.11 Å². The van der Waals surface area contributed by atoms with Crippen LogP contribution in [-0.2, 0) is 11.2 Å². The van der Waals surface area contributed by atoms with E-state index in [-0.39, 0.29) is 11.8 Å². The molecule has 2 rings (SSSR count). The van der Waals surface area contributed by atoms with Gasteiger partial charge in [0, 0.05) is 24.0 Å². The van der Waals surface area contributed by atoms with Crippen LogP contribution in [0.15, 0.2) is 18.2 Å². The highest BCUT2D eigenvalue weighted by Gasteiger charge is 2.25. The summed E-state index contributed by atoms with van der Waals surface area (Å²) in [5.74, 6) is -0.992. The molecule has 0 fully saturated rings. The van der Waals surface area contributed by atoms with Crippen molar-refractivity contribution >= 4 is 23.5 Å². The summed E-state index contributed by atoms with van der Waals surface area (Å²) in [6.07, 6.45) is 1.35. The van der Waals surface area contributed by atoms with Crippen LogP contribution in [0.25, 0.3) is 0 Å². The molecular weight excluding hydrogens is 346 g/mol. The number of ether oxygens (including phenoxy) is 1. The fraction of sp³-hybridized carbons (Fsp3) is 0.350. The molecule has 0 saturated carbocycles. The number of carbonyl (C=O) groups is 3. The largest absolute Gasteiger partial charge is 0.465 e. The van der Waals surface area contributed by atoms with E-state index in [0.29, 0.717) is 40.2 Å². The monoisotopic (exact) mass is 371 g/mol. The molecular formula is C20H25N3O4. The van der Waals surface area contributed by atoms with E-state index < -0.39 is 5.97 Å². The number of methoxy groups -OCH3 is 1. The molecule has 1 aromatic heterocycles. The lowest BCUT2D eigenvalue weighted by atomic mass is 10.0. The van der Waals surface area contributed by atoms with Gasteiger partial charge in [0.1, 0.15) is 5.69 Å². The zero-order chi connectivity index (χ0) is 20.1. The van der Waals surface area contributed by atoms with Gasteiger partial charge in [-0.3, -0.25) is 9.59 Å². The Balaban J connectivity index is 2.36. The van der Waals surface area contributed by atoms with E-state index in [0.717, 1.165) is 12.0 Å². The third kappa shape index (κ3) is 4.19. The standard InChI is InChI=1S/C20H25N3O4/c1-6-7-14-16(20(26)27-5)12(3)22-17(14)19(25)23-15-9-8-13(10-11(15)2)18(24)21-4/h8-10,22H,6-7H2,1-5H3,(H,21,24)(H,23,25). The van der Waals surface area contributed by atoms with E-state index in [9.17, 15) is 14.4 Å². The van der Waals surface area contributed by atoms with Crippen molar-refractivity contribution in [2.75, 3.05) is 19.5 Å². The molecule has 0 atom stereocenters. The molecule has 144 valence electrons. The molecule has 1 aromatic carbocycles. The fourth-order valence-corrected chi connectivity index (χ4v) is 3.02. The number of aromatic amines is 1. The van der Waals surface area contributed by atoms with Gasteiger partial charge in [-0.25, -0.2) is 4.79 Å². The van der Waals surface area contributed by atoms with Crippen LogP contribution in [0, 0.1) is 13.8 Å². The molecule has 1 heterocycles. The minimum atomic E-state index is -0.461. The molecule has 0 aliphatic rings. The minimum Gasteiger partial charge on any atom is -0.465 e. The van der Waals surface area contributed by atoms with Gasteiger partial charge in [0.15, 0.2) is 0 Å². The Morgan fingerprint density at radius 3 is 2.41 bits per heavy atom. The second-order valence-electron chi connectivity index (χ2n) is 6.28. The first-order chi connectivity index (χ1) is 12.8. The first kappa shape index (κ1) is 20.2. The predicted molar refractivity (Wildman–Crippen MR) is 103 cm³/mol. The van der Waals surface area contributed by atoms with Crippen molar-refractivity contribution in [1.82, 2.24) is 10.3 Å². The van der Waals surface area contributed by atoms with E-state index in [2.05, 4.69) is 15.6 Å². The lowest BCUT2D eigenvalue weighted by molar-refractivity contribution is 0.0598. The molecule has 0 aliphatic heterocycles. The summed E-state index contributed by atoms with van der Waals surface area (Å²) in [7, 11) is 2.89. The van der Waals surface area contributed by atoms with Gasteiger partial charge in [-0.2, -0.15) is 0 Å². The molecule has 7 heteroatoms. The minimum absolute atomic E-state index is 0.191. The second-order valence-corrected chi connectivity index (χ2v) is 6.28. The summed E-state index contributed by atoms with van der Waals surface area (Å²) >= 11 is 0. The van der Waals surface area contributed by atoms with Gasteiger partial charge in [0.2, 0.25) is 0 Å². The maximum absolute atomic E-state index is 12.8. The van der Waals surface area contributed by atoms with E-state index in [1.54, 1.807) is 32.2 Å². The number of benzene rings is 1. The van der Waals surface area contributed by atoms with Crippen LogP contribution >= 0.6 is 0 Å². The fourth-order valence-electron chi connectivity index (χ4n) is 3.02. The molecule has 0 spiro atoms. The molecule has 3 N–H and O–H groups in total. The quantitative estimate of drug-likeness (QED) is 0.680. The average molecular weight is 371 g/mol. The number of aryl methyl sites for hydroxylation is 2. The van der Waals surface area contributed by atoms with Gasteiger partial charge in [0.25, 0.3) is 11.8 Å². The number of carbonyl (C=O) groups excluding carboxylic acids is 3. The molecule has 7 nitrogen and oxygen atoms in total. The van der Waals surface area contributed by atoms with E-state index in [4.69, 9.17) is 4.74 Å². The number of nitrogens with one attached hydrogen (secondary N) is 3. The van der Waals surface area contributed by atoms with Crippen LogP contribution in [0.2, 0.25) is 0 Å². The summed E-state index contributed by atoms with van der Waals surface area (Å²) in [5, 5.41) is 5.42. The first-order valence-electron chi connectivity index (χ1n) is 8.77. The Morgan fingerprint density at radius 2 is 1.85 bits per heavy atom. The summed E-state index contributed by atoms with van der Waals surface area (Å²) < 4.78 is 4.85. The predicted octanol–water partition coefficient (Wildman–Crippen LogP) is 2.98. The number of hydrogen-bond acceptors (Lipinski definition) is 4. The average Bonchev–Trinajstić information content (AvgIpc) is 2.98. The van der Waals surface area contributed by atoms with Crippen LogP contribution in [0.4, 0.5) is 5.69 Å². The van der Waals surface area contributed by atoms with Gasteiger partial charge in [-0.05, 0) is 49.6 Å². The summed E-state index contributed by atoms with van der Waals surface area (Å²) in [6.45, 7) is 5.53. The smallest absolute Gasteiger partial charge is 0.339 e. The normalized spacial score (nSPS) is 10.4. The highest BCUT2D eigenvalue weighted by atomic mass is 16.5. The van der Waals surface area contributed by atoms with Crippen molar-refractivity contribution in [2.24, 2.45) is 0 Å². The molecule has 0 radical (unpaired) electrons. The Kier molecular flexibility index (Phi) is 6.39. The molecule has 2 aromatic rings. The molecule has 2 amide bonds. The third-order valence-electron chi connectivity index (χ3n) is 4.37. The first-order valence-corrected chi connectivity index (χ1v) is 8.77. The van der Waals surface area contributed by atoms with Crippen LogP contribution < -0.4 is 10.6 Å². The van der Waals surface area contributed by atoms with E-state index in [1.807, 2.05) is 13.8 Å². The van der Waals surface area contributed by atoms with Gasteiger partial charge >= 0.3 is 5.97 Å². The lowest BCUT2D eigenvalue weighted by Gasteiger charge is -2.11. The van der Waals surface area contributed by atoms with Crippen molar-refractivity contribution in [1.29, 1.82) is 0 Å². The number of rotatable bonds is 6. The maximum atomic E-state index is 12.8. The molecule has 0 bridgehead atoms. The zero-order valence-corrected chi connectivity index (χ0v) is 16.3. The number of amides is 2. The van der Waals surface area contributed by atoms with Crippen molar-refractivity contribution in [2.45, 2.75) is 33.6 Å². The lowest BCUT2D eigenvalue weighted by Crippen LogP contribution is -2.19. The molecule has 27 heavy (non-hydrogen) atoms.